The van der Waals surface area contributed by atoms with E-state index in [0.29, 0.717) is 5.54 Å². The lowest BCUT2D eigenvalue weighted by Crippen LogP contribution is -2.70. The van der Waals surface area contributed by atoms with Crippen LogP contribution in [0.4, 0.5) is 17.1 Å². The first-order valence-electron chi connectivity index (χ1n) is 22.7. The summed E-state index contributed by atoms with van der Waals surface area (Å²) in [4.78, 5) is 2.47. The van der Waals surface area contributed by atoms with Gasteiger partial charge in [-0.15, -0.1) is 0 Å². The van der Waals surface area contributed by atoms with Crippen LogP contribution in [-0.4, -0.2) is 8.07 Å². The Kier molecular flexibility index (Phi) is 10.0. The number of hydrogen-bond donors (Lipinski definition) is 1. The first kappa shape index (κ1) is 39.6. The number of hydrogen-bond acceptors (Lipinski definition) is 2. The van der Waals surface area contributed by atoms with Gasteiger partial charge in [-0.05, 0) is 134 Å². The SMILES string of the molecule is Cc1cc(C)c2c(c1)N(c1cccc(-c3ccc(-c4c5cc(C)ccc5c([Si](c5ccccc5)(c5ccccc5)C5C=CC=CC5)c5cc(C)ccc45)cc3)c1)C(c1ccccc1)N2. The molecule has 0 amide bonds. The summed E-state index contributed by atoms with van der Waals surface area (Å²) in [7, 11) is -2.79. The third-order valence-corrected chi connectivity index (χ3v) is 19.2. The van der Waals surface area contributed by atoms with Gasteiger partial charge in [0.2, 0.25) is 0 Å². The van der Waals surface area contributed by atoms with E-state index >= 15 is 0 Å². The normalized spacial score (nSPS) is 15.7. The van der Waals surface area contributed by atoms with Gasteiger partial charge in [-0.3, -0.25) is 0 Å². The van der Waals surface area contributed by atoms with E-state index in [0.717, 1.165) is 12.1 Å². The van der Waals surface area contributed by atoms with Gasteiger partial charge in [-0.25, -0.2) is 0 Å². The Hall–Kier alpha value is -7.20. The smallest absolute Gasteiger partial charge is 0.156 e. The molecule has 1 aliphatic heterocycles. The zero-order chi connectivity index (χ0) is 43.4. The molecular formula is C61H52N2Si. The summed E-state index contributed by atoms with van der Waals surface area (Å²) in [6.07, 6.45) is 10.4. The summed E-state index contributed by atoms with van der Waals surface area (Å²) < 4.78 is 0. The number of benzene rings is 9. The summed E-state index contributed by atoms with van der Waals surface area (Å²) in [6.45, 7) is 8.90. The van der Waals surface area contributed by atoms with Gasteiger partial charge in [0.25, 0.3) is 0 Å². The van der Waals surface area contributed by atoms with Crippen molar-refractivity contribution in [1.82, 2.24) is 0 Å². The molecule has 0 fully saturated rings. The van der Waals surface area contributed by atoms with Crippen molar-refractivity contribution in [3.8, 4) is 22.3 Å². The predicted octanol–water partition coefficient (Wildman–Crippen LogP) is 14.2. The molecule has 2 unspecified atom stereocenters. The second-order valence-corrected chi connectivity index (χ2v) is 22.0. The Labute approximate surface area is 378 Å². The molecule has 2 aliphatic rings. The molecule has 3 heteroatoms. The van der Waals surface area contributed by atoms with Crippen LogP contribution in [0, 0.1) is 27.7 Å². The van der Waals surface area contributed by atoms with Gasteiger partial charge < -0.3 is 10.2 Å². The zero-order valence-corrected chi connectivity index (χ0v) is 38.0. The molecule has 9 aromatic rings. The third-order valence-electron chi connectivity index (χ3n) is 13.8. The highest BCUT2D eigenvalue weighted by atomic mass is 28.3. The first-order chi connectivity index (χ1) is 31.4. The number of aryl methyl sites for hydroxylation is 4. The average Bonchev–Trinajstić information content (AvgIpc) is 3.73. The van der Waals surface area contributed by atoms with Crippen LogP contribution >= 0.6 is 0 Å². The fourth-order valence-electron chi connectivity index (χ4n) is 11.0. The summed E-state index contributed by atoms with van der Waals surface area (Å²) in [5.41, 5.74) is 15.1. The minimum absolute atomic E-state index is 0.0119. The quantitative estimate of drug-likeness (QED) is 0.0931. The van der Waals surface area contributed by atoms with Crippen LogP contribution in [0.1, 0.15) is 40.4 Å². The molecule has 1 N–H and O–H groups in total. The Morgan fingerprint density at radius 1 is 0.500 bits per heavy atom. The van der Waals surface area contributed by atoms with Crippen molar-refractivity contribution in [3.05, 3.63) is 240 Å². The Bertz CT molecular complexity index is 3220. The molecule has 64 heavy (non-hydrogen) atoms. The van der Waals surface area contributed by atoms with E-state index in [9.17, 15) is 0 Å². The summed E-state index contributed by atoms with van der Waals surface area (Å²) in [6, 6.07) is 71.2. The summed E-state index contributed by atoms with van der Waals surface area (Å²) >= 11 is 0. The highest BCUT2D eigenvalue weighted by Gasteiger charge is 2.47. The Morgan fingerprint density at radius 2 is 1.14 bits per heavy atom. The van der Waals surface area contributed by atoms with Crippen LogP contribution in [0.3, 0.4) is 0 Å². The van der Waals surface area contributed by atoms with Crippen LogP contribution < -0.4 is 25.8 Å². The summed E-state index contributed by atoms with van der Waals surface area (Å²) in [5.74, 6) is 0. The van der Waals surface area contributed by atoms with Gasteiger partial charge in [-0.2, -0.15) is 0 Å². The number of allylic oxidation sites excluding steroid dienone is 4. The Morgan fingerprint density at radius 3 is 1.81 bits per heavy atom. The van der Waals surface area contributed by atoms with Gasteiger partial charge in [0, 0.05) is 5.69 Å². The van der Waals surface area contributed by atoms with Crippen LogP contribution in [-0.2, 0) is 0 Å². The van der Waals surface area contributed by atoms with Crippen LogP contribution in [0.5, 0.6) is 0 Å². The zero-order valence-electron chi connectivity index (χ0n) is 37.0. The van der Waals surface area contributed by atoms with E-state index in [2.05, 4.69) is 250 Å². The molecule has 1 heterocycles. The van der Waals surface area contributed by atoms with E-state index in [1.165, 1.54) is 98.6 Å². The third kappa shape index (κ3) is 6.62. The van der Waals surface area contributed by atoms with Gasteiger partial charge >= 0.3 is 0 Å². The molecule has 2 nitrogen and oxygen atoms in total. The topological polar surface area (TPSA) is 15.3 Å². The second-order valence-electron chi connectivity index (χ2n) is 18.0. The van der Waals surface area contributed by atoms with E-state index in [1.54, 1.807) is 0 Å². The number of nitrogens with zero attached hydrogens (tertiary/aromatic N) is 1. The van der Waals surface area contributed by atoms with Gasteiger partial charge in [0.1, 0.15) is 6.17 Å². The molecule has 310 valence electrons. The van der Waals surface area contributed by atoms with Crippen LogP contribution in [0.2, 0.25) is 5.54 Å². The number of nitrogens with one attached hydrogen (secondary N) is 1. The van der Waals surface area contributed by atoms with E-state index in [-0.39, 0.29) is 6.17 Å². The van der Waals surface area contributed by atoms with Crippen molar-refractivity contribution in [2.24, 2.45) is 0 Å². The molecule has 0 bridgehead atoms. The maximum absolute atomic E-state index is 3.89. The molecule has 0 saturated heterocycles. The lowest BCUT2D eigenvalue weighted by Gasteiger charge is -2.41. The number of rotatable bonds is 8. The lowest BCUT2D eigenvalue weighted by molar-refractivity contribution is 0.828. The van der Waals surface area contributed by atoms with Gasteiger partial charge in [0.15, 0.2) is 8.07 Å². The molecule has 2 atom stereocenters. The molecule has 0 aromatic heterocycles. The largest absolute Gasteiger partial charge is 0.359 e. The first-order valence-corrected chi connectivity index (χ1v) is 24.8. The highest BCUT2D eigenvalue weighted by Crippen LogP contribution is 2.49. The molecule has 0 radical (unpaired) electrons. The lowest BCUT2D eigenvalue weighted by atomic mass is 9.89. The monoisotopic (exact) mass is 840 g/mol. The highest BCUT2D eigenvalue weighted by molar-refractivity contribution is 7.14. The molecule has 9 aromatic carbocycles. The van der Waals surface area contributed by atoms with Crippen molar-refractivity contribution < 1.29 is 0 Å². The van der Waals surface area contributed by atoms with Crippen LogP contribution in [0.25, 0.3) is 43.8 Å². The molecule has 0 saturated carbocycles. The minimum atomic E-state index is -2.79. The molecule has 0 spiro atoms. The van der Waals surface area contributed by atoms with Crippen molar-refractivity contribution in [2.45, 2.75) is 45.8 Å². The average molecular weight is 841 g/mol. The van der Waals surface area contributed by atoms with E-state index in [4.69, 9.17) is 0 Å². The molecule has 11 rings (SSSR count). The number of fused-ring (bicyclic) bond motifs is 3. The fraction of sp³-hybridized carbons (Fsp3) is 0.115. The maximum atomic E-state index is 3.89. The van der Waals surface area contributed by atoms with Crippen molar-refractivity contribution in [3.63, 3.8) is 0 Å². The minimum Gasteiger partial charge on any atom is -0.359 e. The summed E-state index contributed by atoms with van der Waals surface area (Å²) in [5, 5.41) is 13.6. The molecule has 1 aliphatic carbocycles. The Balaban J connectivity index is 1.09. The second kappa shape index (κ2) is 16.2. The maximum Gasteiger partial charge on any atom is 0.156 e. The van der Waals surface area contributed by atoms with Crippen molar-refractivity contribution in [1.29, 1.82) is 0 Å². The van der Waals surface area contributed by atoms with E-state index in [1.807, 2.05) is 0 Å². The van der Waals surface area contributed by atoms with Crippen LogP contribution in [0.15, 0.2) is 212 Å². The van der Waals surface area contributed by atoms with Crippen molar-refractivity contribution in [2.75, 3.05) is 10.2 Å². The van der Waals surface area contributed by atoms with Crippen molar-refractivity contribution >= 4 is 62.2 Å². The van der Waals surface area contributed by atoms with Gasteiger partial charge in [0.05, 0.1) is 11.4 Å². The standard InChI is InChI=1S/C61H52N2Si/c1-41-29-35-54-55(37-41)58(53-34-28-42(2)38-56(53)60(54)64(50-22-11-6-12-23-50,51-24-13-7-14-25-51)52-26-15-8-16-27-52)46-32-30-45(31-33-46)48-20-17-21-49(40-48)63-57-39-43(3)36-44(4)59(57)62-61(63)47-18-9-5-10-19-47/h5-26,28-40,52,61-62H,27H2,1-4H3. The number of anilines is 3. The van der Waals surface area contributed by atoms with Gasteiger partial charge in [-0.1, -0.05) is 205 Å². The molecular weight excluding hydrogens is 789 g/mol. The van der Waals surface area contributed by atoms with E-state index < -0.39 is 8.07 Å². The fourth-order valence-corrected chi connectivity index (χ4v) is 16.8. The predicted molar refractivity (Wildman–Crippen MR) is 277 cm³/mol.